The van der Waals surface area contributed by atoms with Gasteiger partial charge in [0.1, 0.15) is 35.8 Å². The van der Waals surface area contributed by atoms with Gasteiger partial charge in [-0.2, -0.15) is 0 Å². The first-order valence-electron chi connectivity index (χ1n) is 19.6. The maximum atomic E-state index is 13.9. The van der Waals surface area contributed by atoms with Crippen LogP contribution in [0.2, 0.25) is 0 Å². The van der Waals surface area contributed by atoms with Gasteiger partial charge in [0.15, 0.2) is 0 Å². The van der Waals surface area contributed by atoms with E-state index in [9.17, 15) is 19.2 Å². The number of aromatic amines is 2. The third kappa shape index (κ3) is 8.58. The van der Waals surface area contributed by atoms with Gasteiger partial charge < -0.3 is 39.9 Å². The van der Waals surface area contributed by atoms with Crippen LogP contribution in [0.1, 0.15) is 69.7 Å². The average molecular weight is 778 g/mol. The number of methoxy groups -OCH3 is 2. The largest absolute Gasteiger partial charge is 0.453 e. The highest BCUT2D eigenvalue weighted by Crippen LogP contribution is 2.33. The van der Waals surface area contributed by atoms with Crippen molar-refractivity contribution in [3.63, 3.8) is 0 Å². The molecule has 57 heavy (non-hydrogen) atoms. The Morgan fingerprint density at radius 2 is 1.30 bits per heavy atom. The summed E-state index contributed by atoms with van der Waals surface area (Å²) in [5.74, 6) is 0.927. The molecule has 3 aliphatic rings. The quantitative estimate of drug-likeness (QED) is 0.119. The zero-order chi connectivity index (χ0) is 40.1. The van der Waals surface area contributed by atoms with Gasteiger partial charge in [0.25, 0.3) is 0 Å². The van der Waals surface area contributed by atoms with E-state index in [1.807, 2.05) is 50.3 Å². The van der Waals surface area contributed by atoms with Gasteiger partial charge >= 0.3 is 12.2 Å². The number of carbonyl (C=O) groups is 4. The van der Waals surface area contributed by atoms with Crippen molar-refractivity contribution in [1.29, 1.82) is 0 Å². The van der Waals surface area contributed by atoms with E-state index in [-0.39, 0.29) is 35.7 Å². The van der Waals surface area contributed by atoms with Crippen molar-refractivity contribution in [2.45, 2.75) is 70.1 Å². The first kappa shape index (κ1) is 39.3. The Hall–Kier alpha value is -5.96. The molecule has 15 heteroatoms. The van der Waals surface area contributed by atoms with Crippen LogP contribution in [0.25, 0.3) is 33.6 Å². The second kappa shape index (κ2) is 17.5. The molecule has 0 bridgehead atoms. The summed E-state index contributed by atoms with van der Waals surface area (Å²) < 4.78 is 9.61. The number of aromatic nitrogens is 4. The molecule has 0 spiro atoms. The van der Waals surface area contributed by atoms with Gasteiger partial charge in [-0.15, -0.1) is 0 Å². The van der Waals surface area contributed by atoms with Crippen molar-refractivity contribution in [1.82, 2.24) is 45.7 Å². The predicted molar refractivity (Wildman–Crippen MR) is 213 cm³/mol. The third-order valence-electron chi connectivity index (χ3n) is 11.3. The number of hydrogen-bond acceptors (Lipinski definition) is 9. The minimum Gasteiger partial charge on any atom is -0.453 e. The Kier molecular flexibility index (Phi) is 12.0. The molecule has 4 atom stereocenters. The zero-order valence-electron chi connectivity index (χ0n) is 32.8. The summed E-state index contributed by atoms with van der Waals surface area (Å²) in [7, 11) is 2.59. The molecule has 2 fully saturated rings. The molecule has 2 aliphatic heterocycles. The molecule has 1 saturated heterocycles. The average Bonchev–Trinajstić information content (AvgIpc) is 4.09. The van der Waals surface area contributed by atoms with Crippen LogP contribution in [0.4, 0.5) is 9.59 Å². The van der Waals surface area contributed by atoms with Gasteiger partial charge in [0, 0.05) is 13.1 Å². The molecule has 1 saturated carbocycles. The van der Waals surface area contributed by atoms with E-state index >= 15 is 0 Å². The summed E-state index contributed by atoms with van der Waals surface area (Å²) in [5, 5.41) is 8.81. The van der Waals surface area contributed by atoms with Gasteiger partial charge in [0.05, 0.1) is 44.7 Å². The Morgan fingerprint density at radius 1 is 0.737 bits per heavy atom. The first-order valence-corrected chi connectivity index (χ1v) is 19.6. The fraction of sp³-hybridized carbons (Fsp3) is 0.429. The van der Waals surface area contributed by atoms with Crippen LogP contribution in [0.5, 0.6) is 0 Å². The molecular weight excluding hydrogens is 727 g/mol. The molecule has 4 aromatic rings. The predicted octanol–water partition coefficient (Wildman–Crippen LogP) is 5.69. The number of benzene rings is 2. The van der Waals surface area contributed by atoms with Gasteiger partial charge in [-0.3, -0.25) is 14.9 Å². The van der Waals surface area contributed by atoms with Crippen LogP contribution in [0, 0.1) is 11.8 Å². The van der Waals surface area contributed by atoms with Crippen LogP contribution in [0.15, 0.2) is 73.1 Å². The molecule has 0 radical (unpaired) electrons. The Morgan fingerprint density at radius 3 is 1.89 bits per heavy atom. The molecule has 2 aromatic heterocycles. The Balaban J connectivity index is 1.00. The normalized spacial score (nSPS) is 19.4. The number of H-pyrrole nitrogens is 2. The number of imidazole rings is 2. The van der Waals surface area contributed by atoms with E-state index in [0.717, 1.165) is 65.7 Å². The van der Waals surface area contributed by atoms with Gasteiger partial charge in [-0.25, -0.2) is 19.6 Å². The SMILES string of the molecule is COC(=O)N[C@H](C(=O)N1CC=C[C@H]1c1ncc(-c2ccc(-c3ccc(-c4cnc([C@@H]5CNCN5C(=O)[C@@H](NC(=O)OC)C5CCCCC5)[nH]4)cc3)cc2)[nH]1)C(C)C. The fourth-order valence-corrected chi connectivity index (χ4v) is 8.07. The number of hydrogen-bond donors (Lipinski definition) is 5. The summed E-state index contributed by atoms with van der Waals surface area (Å²) in [4.78, 5) is 71.2. The zero-order valence-corrected chi connectivity index (χ0v) is 32.8. The Bertz CT molecular complexity index is 2070. The fourth-order valence-electron chi connectivity index (χ4n) is 8.07. The molecule has 0 unspecified atom stereocenters. The molecule has 4 heterocycles. The summed E-state index contributed by atoms with van der Waals surface area (Å²) >= 11 is 0. The van der Waals surface area contributed by atoms with Crippen LogP contribution >= 0.6 is 0 Å². The summed E-state index contributed by atoms with van der Waals surface area (Å²) in [6.07, 6.45) is 11.2. The minimum absolute atomic E-state index is 0.0685. The summed E-state index contributed by atoms with van der Waals surface area (Å²) in [6.45, 7) is 5.09. The summed E-state index contributed by atoms with van der Waals surface area (Å²) in [5.41, 5.74) is 5.67. The van der Waals surface area contributed by atoms with Crippen LogP contribution in [-0.4, -0.2) is 99.8 Å². The number of nitrogens with one attached hydrogen (secondary N) is 5. The highest BCUT2D eigenvalue weighted by Gasteiger charge is 2.40. The molecule has 300 valence electrons. The van der Waals surface area contributed by atoms with E-state index in [0.29, 0.717) is 31.4 Å². The second-order valence-electron chi connectivity index (χ2n) is 15.2. The van der Waals surface area contributed by atoms with E-state index in [1.165, 1.54) is 14.2 Å². The molecule has 2 aromatic carbocycles. The smallest absolute Gasteiger partial charge is 0.407 e. The van der Waals surface area contributed by atoms with Crippen molar-refractivity contribution in [3.05, 3.63) is 84.7 Å². The number of alkyl carbamates (subject to hydrolysis) is 2. The summed E-state index contributed by atoms with van der Waals surface area (Å²) in [6, 6.07) is 14.3. The maximum Gasteiger partial charge on any atom is 0.407 e. The van der Waals surface area contributed by atoms with Crippen molar-refractivity contribution >= 4 is 24.0 Å². The van der Waals surface area contributed by atoms with E-state index in [1.54, 1.807) is 22.2 Å². The van der Waals surface area contributed by atoms with E-state index in [4.69, 9.17) is 14.5 Å². The van der Waals surface area contributed by atoms with Crippen molar-refractivity contribution in [3.8, 4) is 33.6 Å². The Labute approximate surface area is 332 Å². The lowest BCUT2D eigenvalue weighted by atomic mass is 9.83. The topological polar surface area (TPSA) is 187 Å². The van der Waals surface area contributed by atoms with Gasteiger partial charge in [-0.1, -0.05) is 93.8 Å². The monoisotopic (exact) mass is 777 g/mol. The highest BCUT2D eigenvalue weighted by atomic mass is 16.5. The molecule has 4 amide bonds. The van der Waals surface area contributed by atoms with Crippen molar-refractivity contribution < 1.29 is 28.7 Å². The minimum atomic E-state index is -0.728. The highest BCUT2D eigenvalue weighted by molar-refractivity contribution is 5.87. The molecule has 7 rings (SSSR count). The van der Waals surface area contributed by atoms with Gasteiger partial charge in [0.2, 0.25) is 11.8 Å². The second-order valence-corrected chi connectivity index (χ2v) is 15.2. The molecule has 5 N–H and O–H groups in total. The lowest BCUT2D eigenvalue weighted by Crippen LogP contribution is -2.53. The standard InChI is InChI=1S/C42H51N9O6/c1-25(2)35(48-41(54)56-3)39(52)50-20-8-11-33(50)37-44-21-31(46-37)28-16-12-26(13-17-28)27-14-18-29(19-15-27)32-22-45-38(47-32)34-23-43-24-51(34)40(53)36(49-42(55)57-4)30-9-6-5-7-10-30/h8,11-19,21-22,25,30,33-36,43H,5-7,9-10,20,23-24H2,1-4H3,(H,44,46)(H,45,47)(H,48,54)(H,49,55)/t33-,34-,35-,36-/m0/s1. The number of carbonyl (C=O) groups excluding carboxylic acids is 4. The van der Waals surface area contributed by atoms with Crippen LogP contribution in [0.3, 0.4) is 0 Å². The van der Waals surface area contributed by atoms with Crippen molar-refractivity contribution in [2.75, 3.05) is 34.0 Å². The van der Waals surface area contributed by atoms with Crippen LogP contribution < -0.4 is 16.0 Å². The molecule has 1 aliphatic carbocycles. The number of ether oxygens (including phenoxy) is 2. The molecular formula is C42H51N9O6. The van der Waals surface area contributed by atoms with Crippen molar-refractivity contribution in [2.24, 2.45) is 11.8 Å². The van der Waals surface area contributed by atoms with Crippen LogP contribution in [-0.2, 0) is 19.1 Å². The van der Waals surface area contributed by atoms with E-state index < -0.39 is 24.3 Å². The number of amides is 4. The third-order valence-corrected chi connectivity index (χ3v) is 11.3. The lowest BCUT2D eigenvalue weighted by molar-refractivity contribution is -0.136. The maximum absolute atomic E-state index is 13.9. The number of rotatable bonds is 11. The van der Waals surface area contributed by atoms with Gasteiger partial charge in [-0.05, 0) is 46.9 Å². The first-order chi connectivity index (χ1) is 27.6. The molecule has 15 nitrogen and oxygen atoms in total. The van der Waals surface area contributed by atoms with E-state index in [2.05, 4.69) is 55.2 Å². The lowest BCUT2D eigenvalue weighted by Gasteiger charge is -2.33. The number of nitrogens with zero attached hydrogens (tertiary/aromatic N) is 4.